The van der Waals surface area contributed by atoms with Gasteiger partial charge in [-0.05, 0) is 57.3 Å². The minimum atomic E-state index is 0.676. The Labute approximate surface area is 237 Å². The summed E-state index contributed by atoms with van der Waals surface area (Å²) in [7, 11) is 0. The molecule has 0 aliphatic heterocycles. The van der Waals surface area contributed by atoms with Gasteiger partial charge in [-0.1, -0.05) is 121 Å². The number of aromatic nitrogens is 2. The zero-order valence-corrected chi connectivity index (χ0v) is 22.2. The highest BCUT2D eigenvalue weighted by Gasteiger charge is 2.18. The van der Waals surface area contributed by atoms with Gasteiger partial charge in [0.05, 0.1) is 0 Å². The highest BCUT2D eigenvalue weighted by atomic mass is 16.3. The van der Waals surface area contributed by atoms with Crippen molar-refractivity contribution >= 4 is 32.8 Å². The molecule has 3 nitrogen and oxygen atoms in total. The average Bonchev–Trinajstić information content (AvgIpc) is 3.43. The number of rotatable bonds is 4. The fraction of sp³-hybridized carbons (Fsp3) is 0. The van der Waals surface area contributed by atoms with E-state index in [1.807, 2.05) is 36.4 Å². The van der Waals surface area contributed by atoms with Gasteiger partial charge in [-0.2, -0.15) is 0 Å². The second-order valence-corrected chi connectivity index (χ2v) is 10.2. The number of benzene rings is 6. The molecule has 8 rings (SSSR count). The molecule has 0 fully saturated rings. The molecule has 0 aliphatic carbocycles. The van der Waals surface area contributed by atoms with Crippen LogP contribution in [0.25, 0.3) is 77.7 Å². The van der Waals surface area contributed by atoms with Gasteiger partial charge in [0, 0.05) is 16.5 Å². The first kappa shape index (κ1) is 23.4. The molecule has 2 aromatic heterocycles. The maximum Gasteiger partial charge on any atom is 0.180 e. The maximum absolute atomic E-state index is 6.28. The van der Waals surface area contributed by atoms with Gasteiger partial charge in [-0.15, -0.1) is 0 Å². The van der Waals surface area contributed by atoms with Crippen LogP contribution in [-0.4, -0.2) is 9.97 Å². The molecule has 192 valence electrons. The lowest BCUT2D eigenvalue weighted by Gasteiger charge is -2.11. The highest BCUT2D eigenvalue weighted by Crippen LogP contribution is 2.37. The van der Waals surface area contributed by atoms with Crippen molar-refractivity contribution in [1.29, 1.82) is 0 Å². The maximum atomic E-state index is 6.28. The van der Waals surface area contributed by atoms with Crippen LogP contribution in [0.4, 0.5) is 0 Å². The van der Waals surface area contributed by atoms with Crippen molar-refractivity contribution < 1.29 is 4.42 Å². The number of hydrogen-bond acceptors (Lipinski definition) is 3. The van der Waals surface area contributed by atoms with Crippen LogP contribution in [0.5, 0.6) is 0 Å². The third kappa shape index (κ3) is 4.07. The third-order valence-electron chi connectivity index (χ3n) is 7.68. The molecule has 0 unspecified atom stereocenters. The molecule has 0 N–H and O–H groups in total. The van der Waals surface area contributed by atoms with Crippen molar-refractivity contribution in [2.45, 2.75) is 0 Å². The molecule has 2 heterocycles. The highest BCUT2D eigenvalue weighted by molar-refractivity contribution is 6.07. The zero-order chi connectivity index (χ0) is 27.2. The van der Waals surface area contributed by atoms with Gasteiger partial charge >= 0.3 is 0 Å². The van der Waals surface area contributed by atoms with Crippen LogP contribution in [0.3, 0.4) is 0 Å². The van der Waals surface area contributed by atoms with Gasteiger partial charge in [0.25, 0.3) is 0 Å². The largest absolute Gasteiger partial charge is 0.452 e. The topological polar surface area (TPSA) is 38.9 Å². The number of furan rings is 1. The van der Waals surface area contributed by atoms with Crippen LogP contribution in [0.1, 0.15) is 0 Å². The minimum absolute atomic E-state index is 0.676. The molecule has 8 aromatic rings. The quantitative estimate of drug-likeness (QED) is 0.230. The summed E-state index contributed by atoms with van der Waals surface area (Å²) < 4.78 is 6.28. The Morgan fingerprint density at radius 3 is 1.90 bits per heavy atom. The summed E-state index contributed by atoms with van der Waals surface area (Å²) in [5.74, 6) is 0.676. The molecule has 0 spiro atoms. The summed E-state index contributed by atoms with van der Waals surface area (Å²) >= 11 is 0. The van der Waals surface area contributed by atoms with Gasteiger partial charge in [-0.3, -0.25) is 0 Å². The normalized spacial score (nSPS) is 11.4. The van der Waals surface area contributed by atoms with Crippen molar-refractivity contribution in [1.82, 2.24) is 9.97 Å². The molecule has 0 aliphatic rings. The Hall–Kier alpha value is -5.54. The Bertz CT molecular complexity index is 2210. The number of fused-ring (bicyclic) bond motifs is 4. The molecule has 0 radical (unpaired) electrons. The van der Waals surface area contributed by atoms with E-state index in [1.54, 1.807) is 0 Å². The van der Waals surface area contributed by atoms with E-state index in [2.05, 4.69) is 109 Å². The van der Waals surface area contributed by atoms with Crippen molar-refractivity contribution in [2.75, 3.05) is 0 Å². The molecule has 3 heteroatoms. The molecule has 6 aromatic carbocycles. The second-order valence-electron chi connectivity index (χ2n) is 10.2. The standard InChI is InChI=1S/C38H24N2O/c1-2-12-26(13-3-1)35-37-36(33-20-6-7-22-34(33)41-37)40-38(39-35)30-18-9-16-28(24-30)27-15-8-17-29(23-27)32-21-10-14-25-11-4-5-19-31(25)32/h1-24H. The summed E-state index contributed by atoms with van der Waals surface area (Å²) in [5.41, 5.74) is 9.79. The lowest BCUT2D eigenvalue weighted by atomic mass is 9.95. The van der Waals surface area contributed by atoms with E-state index in [0.717, 1.165) is 44.4 Å². The fourth-order valence-electron chi connectivity index (χ4n) is 5.69. The summed E-state index contributed by atoms with van der Waals surface area (Å²) in [6.45, 7) is 0. The zero-order valence-electron chi connectivity index (χ0n) is 22.2. The first-order valence-corrected chi connectivity index (χ1v) is 13.8. The molecular formula is C38H24N2O. The SMILES string of the molecule is c1ccc(-c2nc(-c3cccc(-c4cccc(-c5cccc6ccccc56)c4)c3)nc3c2oc2ccccc23)cc1. The molecule has 0 saturated carbocycles. The summed E-state index contributed by atoms with van der Waals surface area (Å²) in [6, 6.07) is 50.5. The number of nitrogens with zero attached hydrogens (tertiary/aromatic N) is 2. The van der Waals surface area contributed by atoms with E-state index in [4.69, 9.17) is 14.4 Å². The first-order valence-electron chi connectivity index (χ1n) is 13.8. The monoisotopic (exact) mass is 524 g/mol. The van der Waals surface area contributed by atoms with Gasteiger partial charge in [-0.25, -0.2) is 9.97 Å². The third-order valence-corrected chi connectivity index (χ3v) is 7.68. The molecule has 0 bridgehead atoms. The summed E-state index contributed by atoms with van der Waals surface area (Å²) in [5, 5.41) is 3.48. The predicted molar refractivity (Wildman–Crippen MR) is 169 cm³/mol. The molecule has 0 amide bonds. The van der Waals surface area contributed by atoms with Gasteiger partial charge < -0.3 is 4.42 Å². The Morgan fingerprint density at radius 1 is 0.439 bits per heavy atom. The van der Waals surface area contributed by atoms with Crippen LogP contribution < -0.4 is 0 Å². The van der Waals surface area contributed by atoms with Crippen molar-refractivity contribution in [3.63, 3.8) is 0 Å². The van der Waals surface area contributed by atoms with Crippen molar-refractivity contribution in [2.24, 2.45) is 0 Å². The Kier molecular flexibility index (Phi) is 5.46. The van der Waals surface area contributed by atoms with E-state index in [9.17, 15) is 0 Å². The van der Waals surface area contributed by atoms with E-state index in [-0.39, 0.29) is 0 Å². The molecule has 0 atom stereocenters. The Morgan fingerprint density at radius 2 is 1.05 bits per heavy atom. The fourth-order valence-corrected chi connectivity index (χ4v) is 5.69. The van der Waals surface area contributed by atoms with E-state index < -0.39 is 0 Å². The van der Waals surface area contributed by atoms with Gasteiger partial charge in [0.15, 0.2) is 11.4 Å². The van der Waals surface area contributed by atoms with Crippen LogP contribution in [0.2, 0.25) is 0 Å². The van der Waals surface area contributed by atoms with Crippen molar-refractivity contribution in [3.05, 3.63) is 146 Å². The lowest BCUT2D eigenvalue weighted by Crippen LogP contribution is -1.94. The minimum Gasteiger partial charge on any atom is -0.452 e. The summed E-state index contributed by atoms with van der Waals surface area (Å²) in [6.07, 6.45) is 0. The average molecular weight is 525 g/mol. The Balaban J connectivity index is 1.27. The smallest absolute Gasteiger partial charge is 0.180 e. The van der Waals surface area contributed by atoms with E-state index in [1.165, 1.54) is 21.9 Å². The van der Waals surface area contributed by atoms with Crippen molar-refractivity contribution in [3.8, 4) is 44.9 Å². The molecule has 0 saturated heterocycles. The molecule has 41 heavy (non-hydrogen) atoms. The van der Waals surface area contributed by atoms with E-state index >= 15 is 0 Å². The first-order chi connectivity index (χ1) is 20.3. The van der Waals surface area contributed by atoms with Crippen LogP contribution in [-0.2, 0) is 0 Å². The second kappa shape index (κ2) is 9.58. The van der Waals surface area contributed by atoms with Gasteiger partial charge in [0.2, 0.25) is 0 Å². The molecular weight excluding hydrogens is 500 g/mol. The van der Waals surface area contributed by atoms with Crippen LogP contribution in [0, 0.1) is 0 Å². The lowest BCUT2D eigenvalue weighted by molar-refractivity contribution is 0.667. The van der Waals surface area contributed by atoms with Crippen LogP contribution in [0.15, 0.2) is 150 Å². The number of para-hydroxylation sites is 1. The number of hydrogen-bond donors (Lipinski definition) is 0. The van der Waals surface area contributed by atoms with Crippen LogP contribution >= 0.6 is 0 Å². The predicted octanol–water partition coefficient (Wildman–Crippen LogP) is 10.2. The van der Waals surface area contributed by atoms with Gasteiger partial charge in [0.1, 0.15) is 16.8 Å². The summed E-state index contributed by atoms with van der Waals surface area (Å²) in [4.78, 5) is 10.1. The van der Waals surface area contributed by atoms with E-state index in [0.29, 0.717) is 11.4 Å².